The Morgan fingerprint density at radius 3 is 2.12 bits per heavy atom. The van der Waals surface area contributed by atoms with E-state index in [4.69, 9.17) is 0 Å². The Hall–Kier alpha value is -1.95. The number of rotatable bonds is 3. The first-order chi connectivity index (χ1) is 16.5. The van der Waals surface area contributed by atoms with Crippen LogP contribution in [0, 0.1) is 23.7 Å². The highest BCUT2D eigenvalue weighted by Crippen LogP contribution is 2.61. The smallest absolute Gasteiger partial charge is 0.254 e. The Morgan fingerprint density at radius 1 is 0.853 bits per heavy atom. The van der Waals surface area contributed by atoms with Gasteiger partial charge in [0.05, 0.1) is 17.4 Å². The van der Waals surface area contributed by atoms with Gasteiger partial charge in [0, 0.05) is 10.9 Å². The van der Waals surface area contributed by atoms with Gasteiger partial charge in [-0.15, -0.1) is 11.3 Å². The summed E-state index contributed by atoms with van der Waals surface area (Å²) in [6, 6.07) is 0.204. The summed E-state index contributed by atoms with van der Waals surface area (Å²) in [5.74, 6) is -0.211. The number of carbonyl (C=O) groups is 3. The van der Waals surface area contributed by atoms with Gasteiger partial charge >= 0.3 is 0 Å². The van der Waals surface area contributed by atoms with Gasteiger partial charge < -0.3 is 5.32 Å². The van der Waals surface area contributed by atoms with E-state index in [9.17, 15) is 14.4 Å². The molecule has 0 spiro atoms. The second-order valence-corrected chi connectivity index (χ2v) is 12.4. The maximum Gasteiger partial charge on any atom is 0.254 e. The molecule has 4 unspecified atom stereocenters. The lowest BCUT2D eigenvalue weighted by Crippen LogP contribution is -2.38. The molecule has 3 amide bonds. The third kappa shape index (κ3) is 3.35. The van der Waals surface area contributed by atoms with Gasteiger partial charge in [-0.1, -0.05) is 36.8 Å². The van der Waals surface area contributed by atoms with E-state index in [0.29, 0.717) is 10.6 Å². The normalized spacial score (nSPS) is 31.0. The molecule has 0 radical (unpaired) electrons. The Morgan fingerprint density at radius 2 is 1.47 bits per heavy atom. The van der Waals surface area contributed by atoms with E-state index in [1.807, 2.05) is 0 Å². The van der Waals surface area contributed by atoms with Crippen LogP contribution >= 0.6 is 11.3 Å². The fourth-order valence-corrected chi connectivity index (χ4v) is 9.21. The van der Waals surface area contributed by atoms with Crippen LogP contribution < -0.4 is 10.2 Å². The lowest BCUT2D eigenvalue weighted by atomic mass is 9.81. The highest BCUT2D eigenvalue weighted by molar-refractivity contribution is 7.17. The molecule has 34 heavy (non-hydrogen) atoms. The monoisotopic (exact) mass is 480 g/mol. The fraction of sp³-hybridized carbons (Fsp3) is 0.679. The summed E-state index contributed by atoms with van der Waals surface area (Å²) >= 11 is 1.55. The van der Waals surface area contributed by atoms with Crippen LogP contribution in [0.3, 0.4) is 0 Å². The lowest BCUT2D eigenvalue weighted by molar-refractivity contribution is -0.122. The molecule has 1 saturated heterocycles. The van der Waals surface area contributed by atoms with Crippen molar-refractivity contribution in [2.45, 2.75) is 96.9 Å². The van der Waals surface area contributed by atoms with E-state index >= 15 is 0 Å². The van der Waals surface area contributed by atoms with Crippen LogP contribution in [0.15, 0.2) is 11.1 Å². The van der Waals surface area contributed by atoms with E-state index in [1.165, 1.54) is 33.8 Å². The van der Waals surface area contributed by atoms with Crippen molar-refractivity contribution in [3.63, 3.8) is 0 Å². The van der Waals surface area contributed by atoms with Crippen molar-refractivity contribution in [3.05, 3.63) is 27.2 Å². The molecule has 4 atom stereocenters. The Labute approximate surface area is 206 Å². The molecule has 5 aliphatic rings. The first-order valence-corrected chi connectivity index (χ1v) is 14.3. The maximum atomic E-state index is 13.9. The minimum absolute atomic E-state index is 0.0518. The standard InChI is InChI=1S/C28H36N2O3S/c1-15(2)21-18-13-14-19(21)23-22(18)26(32)30(27(23)33)28-24(17-11-7-4-8-12-20(17)34-28)25(31)29-16-9-5-3-6-10-16/h16,18-19,22-23H,3-14H2,1-2H3,(H,29,31). The van der Waals surface area contributed by atoms with Crippen LogP contribution in [0.25, 0.3) is 0 Å². The van der Waals surface area contributed by atoms with Crippen LogP contribution in [0.1, 0.15) is 98.9 Å². The van der Waals surface area contributed by atoms with Gasteiger partial charge in [0.15, 0.2) is 0 Å². The molecule has 182 valence electrons. The molecular formula is C28H36N2O3S. The molecule has 3 saturated carbocycles. The summed E-state index contributed by atoms with van der Waals surface area (Å²) in [6.07, 6.45) is 12.8. The van der Waals surface area contributed by atoms with Gasteiger partial charge in [0.25, 0.3) is 5.91 Å². The SMILES string of the molecule is CC(C)=C1C2CCC1C1C(=O)N(c3sc4c(c3C(=O)NC3CCCCC3)CCCCC4)C(=O)C21. The van der Waals surface area contributed by atoms with Crippen LogP contribution in [-0.4, -0.2) is 23.8 Å². The van der Waals surface area contributed by atoms with Gasteiger partial charge in [-0.3, -0.25) is 14.4 Å². The Kier molecular flexibility index (Phi) is 5.70. The van der Waals surface area contributed by atoms with Gasteiger partial charge in [-0.25, -0.2) is 4.90 Å². The molecule has 4 fully saturated rings. The van der Waals surface area contributed by atoms with Crippen LogP contribution in [-0.2, 0) is 22.4 Å². The average Bonchev–Trinajstić information content (AvgIpc) is 3.50. The van der Waals surface area contributed by atoms with Crippen molar-refractivity contribution in [1.29, 1.82) is 0 Å². The first kappa shape index (κ1) is 22.5. The molecule has 0 aromatic carbocycles. The molecular weight excluding hydrogens is 444 g/mol. The van der Waals surface area contributed by atoms with Crippen LogP contribution in [0.5, 0.6) is 0 Å². The maximum absolute atomic E-state index is 13.9. The van der Waals surface area contributed by atoms with Crippen molar-refractivity contribution in [3.8, 4) is 0 Å². The average molecular weight is 481 g/mol. The van der Waals surface area contributed by atoms with Crippen molar-refractivity contribution in [1.82, 2.24) is 5.32 Å². The van der Waals surface area contributed by atoms with Gasteiger partial charge in [-0.05, 0) is 82.6 Å². The number of nitrogens with one attached hydrogen (secondary N) is 1. The zero-order valence-corrected chi connectivity index (χ0v) is 21.3. The van der Waals surface area contributed by atoms with E-state index in [1.54, 1.807) is 11.3 Å². The molecule has 6 heteroatoms. The number of hydrogen-bond donors (Lipinski definition) is 1. The topological polar surface area (TPSA) is 66.5 Å². The third-order valence-electron chi connectivity index (χ3n) is 9.20. The predicted molar refractivity (Wildman–Crippen MR) is 134 cm³/mol. The second kappa shape index (κ2) is 8.61. The number of hydrogen-bond acceptors (Lipinski definition) is 4. The number of thiophene rings is 1. The minimum atomic E-state index is -0.229. The van der Waals surface area contributed by atoms with Gasteiger partial charge in [0.2, 0.25) is 11.8 Å². The van der Waals surface area contributed by atoms with Crippen LogP contribution in [0.2, 0.25) is 0 Å². The van der Waals surface area contributed by atoms with E-state index in [0.717, 1.165) is 69.8 Å². The Bertz CT molecular complexity index is 1040. The number of imide groups is 1. The minimum Gasteiger partial charge on any atom is -0.349 e. The molecule has 4 aliphatic carbocycles. The number of fused-ring (bicyclic) bond motifs is 6. The van der Waals surface area contributed by atoms with E-state index in [2.05, 4.69) is 19.2 Å². The highest BCUT2D eigenvalue weighted by atomic mass is 32.1. The van der Waals surface area contributed by atoms with E-state index < -0.39 is 0 Å². The summed E-state index contributed by atoms with van der Waals surface area (Å²) < 4.78 is 0. The zero-order chi connectivity index (χ0) is 23.6. The number of anilines is 1. The number of carbonyl (C=O) groups excluding carboxylic acids is 3. The van der Waals surface area contributed by atoms with Crippen molar-refractivity contribution < 1.29 is 14.4 Å². The number of allylic oxidation sites excluding steroid dienone is 2. The second-order valence-electron chi connectivity index (χ2n) is 11.4. The van der Waals surface area contributed by atoms with Crippen molar-refractivity contribution in [2.75, 3.05) is 4.90 Å². The number of amides is 3. The molecule has 5 nitrogen and oxygen atoms in total. The Balaban J connectivity index is 1.38. The summed E-state index contributed by atoms with van der Waals surface area (Å²) in [6.45, 7) is 4.25. The third-order valence-corrected chi connectivity index (χ3v) is 10.5. The summed E-state index contributed by atoms with van der Waals surface area (Å²) in [7, 11) is 0. The fourth-order valence-electron chi connectivity index (χ4n) is 7.82. The summed E-state index contributed by atoms with van der Waals surface area (Å²) in [5.41, 5.74) is 4.40. The number of nitrogens with zero attached hydrogens (tertiary/aromatic N) is 1. The molecule has 1 N–H and O–H groups in total. The van der Waals surface area contributed by atoms with Crippen LogP contribution in [0.4, 0.5) is 5.00 Å². The summed E-state index contributed by atoms with van der Waals surface area (Å²) in [4.78, 5) is 44.1. The largest absolute Gasteiger partial charge is 0.349 e. The summed E-state index contributed by atoms with van der Waals surface area (Å²) in [5, 5.41) is 3.93. The lowest BCUT2D eigenvalue weighted by Gasteiger charge is -2.24. The molecule has 1 aromatic rings. The highest BCUT2D eigenvalue weighted by Gasteiger charge is 2.64. The van der Waals surface area contributed by atoms with Crippen molar-refractivity contribution >= 4 is 34.1 Å². The quantitative estimate of drug-likeness (QED) is 0.350. The molecule has 2 heterocycles. The molecule has 1 aromatic heterocycles. The molecule has 2 bridgehead atoms. The van der Waals surface area contributed by atoms with E-state index in [-0.39, 0.29) is 47.4 Å². The van der Waals surface area contributed by atoms with Gasteiger partial charge in [-0.2, -0.15) is 0 Å². The molecule has 1 aliphatic heterocycles. The number of aryl methyl sites for hydroxylation is 1. The zero-order valence-electron chi connectivity index (χ0n) is 20.5. The van der Waals surface area contributed by atoms with Crippen molar-refractivity contribution in [2.24, 2.45) is 23.7 Å². The first-order valence-electron chi connectivity index (χ1n) is 13.5. The molecule has 6 rings (SSSR count). The van der Waals surface area contributed by atoms with Gasteiger partial charge in [0.1, 0.15) is 5.00 Å². The predicted octanol–water partition coefficient (Wildman–Crippen LogP) is 5.56.